The van der Waals surface area contributed by atoms with Crippen LogP contribution in [0.15, 0.2) is 41.1 Å². The molecule has 0 aliphatic rings. The first-order chi connectivity index (χ1) is 9.20. The zero-order valence-electron chi connectivity index (χ0n) is 11.0. The molecule has 0 radical (unpaired) electrons. The molecule has 0 spiro atoms. The van der Waals surface area contributed by atoms with E-state index in [2.05, 4.69) is 15.2 Å². The molecule has 0 aromatic carbocycles. The van der Waals surface area contributed by atoms with Gasteiger partial charge in [0.2, 0.25) is 0 Å². The number of hydrogen-bond donors (Lipinski definition) is 1. The quantitative estimate of drug-likeness (QED) is 0.889. The second kappa shape index (κ2) is 6.03. The number of rotatable bonds is 5. The van der Waals surface area contributed by atoms with E-state index in [1.54, 1.807) is 18.5 Å². The summed E-state index contributed by atoms with van der Waals surface area (Å²) < 4.78 is 5.44. The SMILES string of the molecule is CN(C)C(CNc1ccc(C#N)nc1)c1ccco1. The van der Waals surface area contributed by atoms with Crippen molar-refractivity contribution in [2.45, 2.75) is 6.04 Å². The number of pyridine rings is 1. The maximum atomic E-state index is 8.69. The molecular formula is C14H16N4O. The molecule has 1 unspecified atom stereocenters. The van der Waals surface area contributed by atoms with Crippen LogP contribution in [0.5, 0.6) is 0 Å². The molecule has 0 bridgehead atoms. The molecule has 0 amide bonds. The molecule has 1 N–H and O–H groups in total. The van der Waals surface area contributed by atoms with Crippen molar-refractivity contribution in [3.8, 4) is 6.07 Å². The third-order valence-electron chi connectivity index (χ3n) is 2.87. The van der Waals surface area contributed by atoms with E-state index in [4.69, 9.17) is 9.68 Å². The fraction of sp³-hybridized carbons (Fsp3) is 0.286. The van der Waals surface area contributed by atoms with E-state index in [0.29, 0.717) is 12.2 Å². The van der Waals surface area contributed by atoms with Crippen molar-refractivity contribution in [2.75, 3.05) is 26.0 Å². The molecule has 2 aromatic heterocycles. The van der Waals surface area contributed by atoms with E-state index in [9.17, 15) is 0 Å². The third-order valence-corrected chi connectivity index (χ3v) is 2.87. The van der Waals surface area contributed by atoms with Crippen molar-refractivity contribution in [3.05, 3.63) is 48.2 Å². The summed E-state index contributed by atoms with van der Waals surface area (Å²) in [5.41, 5.74) is 1.30. The molecule has 2 rings (SSSR count). The Morgan fingerprint density at radius 2 is 2.26 bits per heavy atom. The normalized spacial score (nSPS) is 12.1. The zero-order valence-corrected chi connectivity index (χ0v) is 11.0. The smallest absolute Gasteiger partial charge is 0.140 e. The maximum Gasteiger partial charge on any atom is 0.140 e. The second-order valence-corrected chi connectivity index (χ2v) is 4.42. The minimum absolute atomic E-state index is 0.144. The lowest BCUT2D eigenvalue weighted by Gasteiger charge is -2.23. The van der Waals surface area contributed by atoms with Crippen LogP contribution in [-0.4, -0.2) is 30.5 Å². The summed E-state index contributed by atoms with van der Waals surface area (Å²) in [4.78, 5) is 6.11. The Balaban J connectivity index is 2.01. The fourth-order valence-corrected chi connectivity index (χ4v) is 1.80. The first kappa shape index (κ1) is 13.1. The van der Waals surface area contributed by atoms with Crippen molar-refractivity contribution in [2.24, 2.45) is 0 Å². The summed E-state index contributed by atoms with van der Waals surface area (Å²) >= 11 is 0. The first-order valence-corrected chi connectivity index (χ1v) is 6.00. The van der Waals surface area contributed by atoms with Gasteiger partial charge in [-0.1, -0.05) is 0 Å². The number of hydrogen-bond acceptors (Lipinski definition) is 5. The van der Waals surface area contributed by atoms with Gasteiger partial charge < -0.3 is 9.73 Å². The Bertz CT molecular complexity index is 540. The standard InChI is InChI=1S/C14H16N4O/c1-18(2)13(14-4-3-7-19-14)10-17-12-6-5-11(8-15)16-9-12/h3-7,9,13,17H,10H2,1-2H3. The van der Waals surface area contributed by atoms with E-state index in [1.807, 2.05) is 38.4 Å². The number of aromatic nitrogens is 1. The minimum Gasteiger partial charge on any atom is -0.468 e. The zero-order chi connectivity index (χ0) is 13.7. The van der Waals surface area contributed by atoms with Crippen molar-refractivity contribution < 1.29 is 4.42 Å². The summed E-state index contributed by atoms with van der Waals surface area (Å²) in [5.74, 6) is 0.916. The van der Waals surface area contributed by atoms with Crippen LogP contribution < -0.4 is 5.32 Å². The molecule has 0 aliphatic heterocycles. The minimum atomic E-state index is 0.144. The molecule has 0 aliphatic carbocycles. The van der Waals surface area contributed by atoms with Gasteiger partial charge in [-0.25, -0.2) is 4.98 Å². The van der Waals surface area contributed by atoms with Crippen LogP contribution in [0.2, 0.25) is 0 Å². The highest BCUT2D eigenvalue weighted by Crippen LogP contribution is 2.19. The summed E-state index contributed by atoms with van der Waals surface area (Å²) in [7, 11) is 4.01. The average molecular weight is 256 g/mol. The molecule has 2 heterocycles. The van der Waals surface area contributed by atoms with Crippen LogP contribution >= 0.6 is 0 Å². The third kappa shape index (κ3) is 3.33. The van der Waals surface area contributed by atoms with Crippen LogP contribution in [0.25, 0.3) is 0 Å². The fourth-order valence-electron chi connectivity index (χ4n) is 1.80. The van der Waals surface area contributed by atoms with E-state index in [-0.39, 0.29) is 6.04 Å². The molecule has 5 heteroatoms. The Kier molecular flexibility index (Phi) is 4.16. The van der Waals surface area contributed by atoms with Crippen LogP contribution in [-0.2, 0) is 0 Å². The van der Waals surface area contributed by atoms with Crippen molar-refractivity contribution >= 4 is 5.69 Å². The van der Waals surface area contributed by atoms with Gasteiger partial charge in [0, 0.05) is 6.54 Å². The molecule has 19 heavy (non-hydrogen) atoms. The summed E-state index contributed by atoms with van der Waals surface area (Å²) in [6.07, 6.45) is 3.34. The average Bonchev–Trinajstić information content (AvgIpc) is 2.93. The van der Waals surface area contributed by atoms with Crippen molar-refractivity contribution in [1.29, 1.82) is 5.26 Å². The Labute approximate surface area is 112 Å². The first-order valence-electron chi connectivity index (χ1n) is 6.00. The Morgan fingerprint density at radius 1 is 1.42 bits per heavy atom. The predicted octanol–water partition coefficient (Wildman–Crippen LogP) is 2.26. The van der Waals surface area contributed by atoms with Crippen LogP contribution in [0.4, 0.5) is 5.69 Å². The van der Waals surface area contributed by atoms with Gasteiger partial charge in [-0.3, -0.25) is 4.90 Å². The second-order valence-electron chi connectivity index (χ2n) is 4.42. The summed E-state index contributed by atoms with van der Waals surface area (Å²) in [6.45, 7) is 0.702. The van der Waals surface area contributed by atoms with E-state index in [1.165, 1.54) is 0 Å². The summed E-state index contributed by atoms with van der Waals surface area (Å²) in [6, 6.07) is 9.53. The van der Waals surface area contributed by atoms with Gasteiger partial charge in [0.25, 0.3) is 0 Å². The maximum absolute atomic E-state index is 8.69. The molecule has 98 valence electrons. The highest BCUT2D eigenvalue weighted by molar-refractivity contribution is 5.43. The van der Waals surface area contributed by atoms with E-state index in [0.717, 1.165) is 11.4 Å². The predicted molar refractivity (Wildman–Crippen MR) is 72.6 cm³/mol. The Morgan fingerprint density at radius 3 is 2.79 bits per heavy atom. The summed E-state index contributed by atoms with van der Waals surface area (Å²) in [5, 5.41) is 12.0. The van der Waals surface area contributed by atoms with Gasteiger partial charge in [0.1, 0.15) is 17.5 Å². The number of nitrogens with zero attached hydrogens (tertiary/aromatic N) is 3. The largest absolute Gasteiger partial charge is 0.468 e. The van der Waals surface area contributed by atoms with Crippen LogP contribution in [0, 0.1) is 11.3 Å². The number of nitrogens with one attached hydrogen (secondary N) is 1. The van der Waals surface area contributed by atoms with Gasteiger partial charge >= 0.3 is 0 Å². The van der Waals surface area contributed by atoms with E-state index >= 15 is 0 Å². The van der Waals surface area contributed by atoms with E-state index < -0.39 is 0 Å². The number of furan rings is 1. The van der Waals surface area contributed by atoms with Gasteiger partial charge in [-0.2, -0.15) is 5.26 Å². The lowest BCUT2D eigenvalue weighted by atomic mass is 10.2. The molecule has 0 saturated heterocycles. The van der Waals surface area contributed by atoms with Crippen LogP contribution in [0.3, 0.4) is 0 Å². The number of nitriles is 1. The lowest BCUT2D eigenvalue weighted by Crippen LogP contribution is -2.26. The van der Waals surface area contributed by atoms with Crippen LogP contribution in [0.1, 0.15) is 17.5 Å². The van der Waals surface area contributed by atoms with Gasteiger partial charge in [-0.05, 0) is 38.4 Å². The molecule has 2 aromatic rings. The number of anilines is 1. The number of likely N-dealkylation sites (N-methyl/N-ethyl adjacent to an activating group) is 1. The highest BCUT2D eigenvalue weighted by atomic mass is 16.3. The highest BCUT2D eigenvalue weighted by Gasteiger charge is 2.16. The van der Waals surface area contributed by atoms with Gasteiger partial charge in [-0.15, -0.1) is 0 Å². The monoisotopic (exact) mass is 256 g/mol. The van der Waals surface area contributed by atoms with Gasteiger partial charge in [0.15, 0.2) is 0 Å². The van der Waals surface area contributed by atoms with Gasteiger partial charge in [0.05, 0.1) is 24.2 Å². The molecule has 5 nitrogen and oxygen atoms in total. The lowest BCUT2D eigenvalue weighted by molar-refractivity contribution is 0.269. The molecule has 0 fully saturated rings. The van der Waals surface area contributed by atoms with Crippen molar-refractivity contribution in [3.63, 3.8) is 0 Å². The Hall–Kier alpha value is -2.32. The molecule has 1 atom stereocenters. The van der Waals surface area contributed by atoms with Crippen molar-refractivity contribution in [1.82, 2.24) is 9.88 Å². The molecular weight excluding hydrogens is 240 g/mol. The topological polar surface area (TPSA) is 65.1 Å². The molecule has 0 saturated carbocycles.